The van der Waals surface area contributed by atoms with Gasteiger partial charge in [0.15, 0.2) is 0 Å². The van der Waals surface area contributed by atoms with Crippen LogP contribution in [-0.2, 0) is 4.79 Å². The van der Waals surface area contributed by atoms with E-state index in [1.165, 1.54) is 12.6 Å². The van der Waals surface area contributed by atoms with Gasteiger partial charge in [-0.3, -0.25) is 4.79 Å². The summed E-state index contributed by atoms with van der Waals surface area (Å²) in [7, 11) is 0. The fraction of sp³-hybridized carbons (Fsp3) is 0.500. The van der Waals surface area contributed by atoms with Crippen LogP contribution in [0.2, 0.25) is 0 Å². The number of carbonyl (C=O) groups is 1. The van der Waals surface area contributed by atoms with Gasteiger partial charge < -0.3 is 5.32 Å². The smallest absolute Gasteiger partial charge is 0.268 e. The molecule has 1 aliphatic rings. The summed E-state index contributed by atoms with van der Waals surface area (Å²) < 4.78 is 0. The van der Waals surface area contributed by atoms with Crippen molar-refractivity contribution in [3.8, 4) is 0 Å². The quantitative estimate of drug-likeness (QED) is 0.607. The van der Waals surface area contributed by atoms with E-state index in [4.69, 9.17) is 0 Å². The molecule has 0 saturated carbocycles. The highest BCUT2D eigenvalue weighted by molar-refractivity contribution is 6.28. The molecule has 11 heavy (non-hydrogen) atoms. The number of amides is 1. The van der Waals surface area contributed by atoms with E-state index in [1.807, 2.05) is 6.08 Å². The summed E-state index contributed by atoms with van der Waals surface area (Å²) in [6.07, 6.45) is 6.56. The van der Waals surface area contributed by atoms with Crippen LogP contribution < -0.4 is 5.32 Å². The number of nitrogens with one attached hydrogen (secondary N) is 1. The third-order valence-corrected chi connectivity index (χ3v) is 1.47. The van der Waals surface area contributed by atoms with E-state index in [-0.39, 0.29) is 5.91 Å². The maximum atomic E-state index is 10.6. The zero-order valence-corrected chi connectivity index (χ0v) is 6.63. The van der Waals surface area contributed by atoms with Gasteiger partial charge >= 0.3 is 0 Å². The Balaban J connectivity index is 2.32. The predicted octanol–water partition coefficient (Wildman–Crippen LogP) is 1.22. The zero-order chi connectivity index (χ0) is 8.10. The first kappa shape index (κ1) is 7.98. The first-order valence-electron chi connectivity index (χ1n) is 3.88. The summed E-state index contributed by atoms with van der Waals surface area (Å²) in [5.41, 5.74) is 0. The molecule has 60 valence electrons. The lowest BCUT2D eigenvalue weighted by atomic mass is 10.2. The second-order valence-electron chi connectivity index (χ2n) is 2.48. The largest absolute Gasteiger partial charge is 0.306 e. The van der Waals surface area contributed by atoms with E-state index in [0.717, 1.165) is 12.8 Å². The van der Waals surface area contributed by atoms with E-state index in [1.54, 1.807) is 0 Å². The van der Waals surface area contributed by atoms with Crippen molar-refractivity contribution in [2.24, 2.45) is 4.99 Å². The molecular weight excluding hydrogens is 140 g/mol. The van der Waals surface area contributed by atoms with Crippen molar-refractivity contribution in [1.29, 1.82) is 0 Å². The Bertz CT molecular complexity index is 206. The molecule has 1 amide bonds. The second-order valence-corrected chi connectivity index (χ2v) is 2.48. The van der Waals surface area contributed by atoms with E-state index in [2.05, 4.69) is 17.2 Å². The molecule has 3 nitrogen and oxygen atoms in total. The number of rotatable bonds is 3. The fourth-order valence-corrected chi connectivity index (χ4v) is 0.866. The van der Waals surface area contributed by atoms with Crippen LogP contribution in [0.25, 0.3) is 0 Å². The van der Waals surface area contributed by atoms with Gasteiger partial charge in [-0.05, 0) is 18.9 Å². The lowest BCUT2D eigenvalue weighted by Gasteiger charge is -1.93. The van der Waals surface area contributed by atoms with E-state index >= 15 is 0 Å². The Morgan fingerprint density at radius 3 is 3.09 bits per heavy atom. The number of aliphatic imine (C=N–C) groups is 1. The van der Waals surface area contributed by atoms with E-state index in [0.29, 0.717) is 5.82 Å². The Labute approximate surface area is 66.2 Å². The summed E-state index contributed by atoms with van der Waals surface area (Å²) in [6, 6.07) is 0. The van der Waals surface area contributed by atoms with Crippen LogP contribution in [0.3, 0.4) is 0 Å². The Kier molecular flexibility index (Phi) is 2.83. The first-order chi connectivity index (χ1) is 5.33. The molecule has 0 aliphatic carbocycles. The lowest BCUT2D eigenvalue weighted by molar-refractivity contribution is -0.113. The third kappa shape index (κ3) is 2.53. The number of hydrogen-bond acceptors (Lipinski definition) is 2. The van der Waals surface area contributed by atoms with Crippen LogP contribution in [0.15, 0.2) is 16.9 Å². The average molecular weight is 152 g/mol. The standard InChI is InChI=1S/C8H12N2O/c1-2-3-4-5-7-9-6-8(11)10-7/h5-6H,2-4H2,1H3,(H,10,11). The topological polar surface area (TPSA) is 41.5 Å². The van der Waals surface area contributed by atoms with Crippen LogP contribution in [-0.4, -0.2) is 12.1 Å². The normalized spacial score (nSPS) is 19.4. The number of allylic oxidation sites excluding steroid dienone is 1. The molecule has 1 N–H and O–H groups in total. The zero-order valence-electron chi connectivity index (χ0n) is 6.63. The Hall–Kier alpha value is -1.12. The molecule has 0 radical (unpaired) electrons. The van der Waals surface area contributed by atoms with Crippen molar-refractivity contribution in [3.05, 3.63) is 11.9 Å². The van der Waals surface area contributed by atoms with Gasteiger partial charge in [-0.1, -0.05) is 13.3 Å². The van der Waals surface area contributed by atoms with Gasteiger partial charge in [0.25, 0.3) is 5.91 Å². The van der Waals surface area contributed by atoms with Crippen molar-refractivity contribution < 1.29 is 4.79 Å². The molecule has 3 heteroatoms. The van der Waals surface area contributed by atoms with Gasteiger partial charge in [-0.25, -0.2) is 4.99 Å². The van der Waals surface area contributed by atoms with E-state index < -0.39 is 0 Å². The molecule has 0 aromatic carbocycles. The van der Waals surface area contributed by atoms with Gasteiger partial charge in [0.05, 0.1) is 6.21 Å². The van der Waals surface area contributed by atoms with Gasteiger partial charge in [-0.15, -0.1) is 0 Å². The van der Waals surface area contributed by atoms with Crippen LogP contribution in [0.1, 0.15) is 26.2 Å². The van der Waals surface area contributed by atoms with Crippen LogP contribution in [0.5, 0.6) is 0 Å². The van der Waals surface area contributed by atoms with Crippen molar-refractivity contribution >= 4 is 12.1 Å². The van der Waals surface area contributed by atoms with Crippen molar-refractivity contribution in [3.63, 3.8) is 0 Å². The SMILES string of the molecule is CCCCC=C1N=CC(=O)N1. The molecule has 1 heterocycles. The molecule has 0 fully saturated rings. The fourth-order valence-electron chi connectivity index (χ4n) is 0.866. The molecular formula is C8H12N2O. The highest BCUT2D eigenvalue weighted by atomic mass is 16.2. The molecule has 0 unspecified atom stereocenters. The monoisotopic (exact) mass is 152 g/mol. The molecule has 0 aromatic heterocycles. The van der Waals surface area contributed by atoms with Gasteiger partial charge in [-0.2, -0.15) is 0 Å². The maximum Gasteiger partial charge on any atom is 0.268 e. The highest BCUT2D eigenvalue weighted by Gasteiger charge is 2.05. The predicted molar refractivity (Wildman–Crippen MR) is 44.2 cm³/mol. The van der Waals surface area contributed by atoms with Crippen molar-refractivity contribution in [1.82, 2.24) is 5.32 Å². The summed E-state index contributed by atoms with van der Waals surface area (Å²) in [5.74, 6) is 0.580. The van der Waals surface area contributed by atoms with Crippen LogP contribution in [0.4, 0.5) is 0 Å². The molecule has 0 aromatic rings. The lowest BCUT2D eigenvalue weighted by Crippen LogP contribution is -2.15. The van der Waals surface area contributed by atoms with Crippen LogP contribution in [0, 0.1) is 0 Å². The van der Waals surface area contributed by atoms with Crippen molar-refractivity contribution in [2.45, 2.75) is 26.2 Å². The highest BCUT2D eigenvalue weighted by Crippen LogP contribution is 2.02. The first-order valence-corrected chi connectivity index (χ1v) is 3.88. The van der Waals surface area contributed by atoms with Gasteiger partial charge in [0.1, 0.15) is 5.82 Å². The molecule has 0 bridgehead atoms. The molecule has 0 saturated heterocycles. The molecule has 1 rings (SSSR count). The summed E-state index contributed by atoms with van der Waals surface area (Å²) >= 11 is 0. The number of nitrogens with zero attached hydrogens (tertiary/aromatic N) is 1. The number of carbonyl (C=O) groups excluding carboxylic acids is 1. The Morgan fingerprint density at radius 1 is 1.73 bits per heavy atom. The van der Waals surface area contributed by atoms with E-state index in [9.17, 15) is 4.79 Å². The number of unbranched alkanes of at least 4 members (excludes halogenated alkanes) is 2. The van der Waals surface area contributed by atoms with Gasteiger partial charge in [0.2, 0.25) is 0 Å². The Morgan fingerprint density at radius 2 is 2.55 bits per heavy atom. The summed E-state index contributed by atoms with van der Waals surface area (Å²) in [5, 5.41) is 2.61. The molecule has 1 aliphatic heterocycles. The second kappa shape index (κ2) is 3.91. The minimum absolute atomic E-state index is 0.118. The minimum Gasteiger partial charge on any atom is -0.306 e. The average Bonchev–Trinajstić information content (AvgIpc) is 2.37. The van der Waals surface area contributed by atoms with Gasteiger partial charge in [0, 0.05) is 0 Å². The van der Waals surface area contributed by atoms with Crippen LogP contribution >= 0.6 is 0 Å². The molecule has 0 spiro atoms. The third-order valence-electron chi connectivity index (χ3n) is 1.47. The minimum atomic E-state index is -0.118. The summed E-state index contributed by atoms with van der Waals surface area (Å²) in [4.78, 5) is 14.4. The summed E-state index contributed by atoms with van der Waals surface area (Å²) in [6.45, 7) is 2.13. The number of hydrogen-bond donors (Lipinski definition) is 1. The molecule has 0 atom stereocenters. The maximum absolute atomic E-state index is 10.6. The van der Waals surface area contributed by atoms with Crippen molar-refractivity contribution in [2.75, 3.05) is 0 Å².